The Labute approximate surface area is 89.0 Å². The van der Waals surface area contributed by atoms with Crippen molar-refractivity contribution in [2.24, 2.45) is 0 Å². The Balaban J connectivity index is 2.22. The number of rotatable bonds is 1. The van der Waals surface area contributed by atoms with Gasteiger partial charge in [0.1, 0.15) is 0 Å². The molecular formula is C13H19Si. The summed E-state index contributed by atoms with van der Waals surface area (Å²) >= 11 is 0. The first-order valence-corrected chi connectivity index (χ1v) is 7.61. The Kier molecular flexibility index (Phi) is 3.07. The highest BCUT2D eigenvalue weighted by Gasteiger charge is 2.18. The zero-order valence-corrected chi connectivity index (χ0v) is 10.3. The van der Waals surface area contributed by atoms with E-state index in [0.717, 1.165) is 0 Å². The molecule has 0 nitrogen and oxygen atoms in total. The van der Waals surface area contributed by atoms with E-state index in [1.165, 1.54) is 36.9 Å². The second kappa shape index (κ2) is 4.31. The zero-order chi connectivity index (χ0) is 9.97. The van der Waals surface area contributed by atoms with Gasteiger partial charge in [0.05, 0.1) is 8.80 Å². The molecule has 0 aliphatic carbocycles. The first-order chi connectivity index (χ1) is 6.77. The average Bonchev–Trinajstić information content (AvgIpc) is 2.19. The summed E-state index contributed by atoms with van der Waals surface area (Å²) in [5, 5.41) is 1.71. The molecule has 0 amide bonds. The van der Waals surface area contributed by atoms with Gasteiger partial charge in [-0.2, -0.15) is 0 Å². The minimum atomic E-state index is -0.172. The van der Waals surface area contributed by atoms with E-state index in [9.17, 15) is 0 Å². The van der Waals surface area contributed by atoms with E-state index in [2.05, 4.69) is 32.0 Å². The summed E-state index contributed by atoms with van der Waals surface area (Å²) in [6.45, 7) is 4.48. The Bertz CT molecular complexity index is 311. The lowest BCUT2D eigenvalue weighted by atomic mass is 10.2. The van der Waals surface area contributed by atoms with Gasteiger partial charge in [-0.15, -0.1) is 0 Å². The van der Waals surface area contributed by atoms with E-state index in [1.54, 1.807) is 10.8 Å². The fraction of sp³-hybridized carbons (Fsp3) is 0.538. The van der Waals surface area contributed by atoms with Gasteiger partial charge in [0.25, 0.3) is 0 Å². The van der Waals surface area contributed by atoms with Gasteiger partial charge in [-0.05, 0) is 13.8 Å². The summed E-state index contributed by atoms with van der Waals surface area (Å²) in [6, 6.07) is 10.0. The van der Waals surface area contributed by atoms with Crippen molar-refractivity contribution in [2.45, 2.75) is 45.2 Å². The van der Waals surface area contributed by atoms with E-state index in [1.807, 2.05) is 0 Å². The van der Waals surface area contributed by atoms with Crippen molar-refractivity contribution in [2.75, 3.05) is 0 Å². The van der Waals surface area contributed by atoms with Crippen LogP contribution < -0.4 is 5.19 Å². The molecule has 1 aliphatic heterocycles. The van der Waals surface area contributed by atoms with Crippen LogP contribution in [-0.2, 0) is 0 Å². The molecule has 0 saturated carbocycles. The van der Waals surface area contributed by atoms with Gasteiger partial charge in [0.15, 0.2) is 0 Å². The topological polar surface area (TPSA) is 0 Å². The molecule has 1 radical (unpaired) electrons. The average molecular weight is 203 g/mol. The van der Waals surface area contributed by atoms with Crippen LogP contribution in [0.5, 0.6) is 0 Å². The van der Waals surface area contributed by atoms with E-state index >= 15 is 0 Å². The lowest BCUT2D eigenvalue weighted by molar-refractivity contribution is 0.727. The molecule has 0 unspecified atom stereocenters. The zero-order valence-electron chi connectivity index (χ0n) is 9.27. The molecule has 0 bridgehead atoms. The fourth-order valence-electron chi connectivity index (χ4n) is 2.46. The molecule has 2 rings (SSSR count). The van der Waals surface area contributed by atoms with Crippen molar-refractivity contribution in [3.63, 3.8) is 0 Å². The van der Waals surface area contributed by atoms with E-state index in [4.69, 9.17) is 0 Å². The maximum atomic E-state index is 2.39. The first kappa shape index (κ1) is 9.97. The van der Waals surface area contributed by atoms with E-state index in [0.29, 0.717) is 0 Å². The SMILES string of the molecule is Cc1ccc([Si]2CCCCC2)c(C)c1. The van der Waals surface area contributed by atoms with Crippen molar-refractivity contribution in [1.82, 2.24) is 0 Å². The molecule has 0 N–H and O–H groups in total. The fourth-order valence-corrected chi connectivity index (χ4v) is 5.55. The van der Waals surface area contributed by atoms with Gasteiger partial charge in [0.2, 0.25) is 0 Å². The molecule has 1 aromatic carbocycles. The van der Waals surface area contributed by atoms with Crippen LogP contribution in [0, 0.1) is 13.8 Å². The van der Waals surface area contributed by atoms with Crippen LogP contribution in [0.25, 0.3) is 0 Å². The Morgan fingerprint density at radius 2 is 1.71 bits per heavy atom. The molecule has 1 aromatic rings. The summed E-state index contributed by atoms with van der Waals surface area (Å²) in [5.41, 5.74) is 2.95. The Morgan fingerprint density at radius 3 is 2.36 bits per heavy atom. The highest BCUT2D eigenvalue weighted by molar-refractivity contribution is 6.73. The van der Waals surface area contributed by atoms with E-state index < -0.39 is 0 Å². The van der Waals surface area contributed by atoms with Crippen LogP contribution in [0.15, 0.2) is 18.2 Å². The van der Waals surface area contributed by atoms with Gasteiger partial charge >= 0.3 is 0 Å². The third kappa shape index (κ3) is 2.09. The molecule has 75 valence electrons. The molecule has 1 aliphatic rings. The summed E-state index contributed by atoms with van der Waals surface area (Å²) in [5.74, 6) is 0. The highest BCUT2D eigenvalue weighted by Crippen LogP contribution is 2.19. The van der Waals surface area contributed by atoms with Crippen LogP contribution in [-0.4, -0.2) is 8.80 Å². The molecule has 0 spiro atoms. The van der Waals surface area contributed by atoms with Crippen LogP contribution in [0.3, 0.4) is 0 Å². The standard InChI is InChI=1S/C13H19Si/c1-11-6-7-13(12(2)10-11)14-8-4-3-5-9-14/h6-7,10H,3-5,8-9H2,1-2H3. The maximum absolute atomic E-state index is 2.39. The highest BCUT2D eigenvalue weighted by atomic mass is 28.3. The van der Waals surface area contributed by atoms with Crippen molar-refractivity contribution in [1.29, 1.82) is 0 Å². The summed E-state index contributed by atoms with van der Waals surface area (Å²) in [4.78, 5) is 0. The smallest absolute Gasteiger partial charge is 0.0627 e. The van der Waals surface area contributed by atoms with Crippen LogP contribution in [0.4, 0.5) is 0 Å². The normalized spacial score (nSPS) is 18.4. The Hall–Kier alpha value is -0.563. The van der Waals surface area contributed by atoms with Gasteiger partial charge in [-0.25, -0.2) is 0 Å². The predicted molar refractivity (Wildman–Crippen MR) is 64.8 cm³/mol. The lowest BCUT2D eigenvalue weighted by Gasteiger charge is -2.21. The number of hydrogen-bond donors (Lipinski definition) is 0. The number of aryl methyl sites for hydroxylation is 2. The van der Waals surface area contributed by atoms with Crippen molar-refractivity contribution in [3.05, 3.63) is 29.3 Å². The third-order valence-electron chi connectivity index (χ3n) is 3.22. The van der Waals surface area contributed by atoms with Crippen LogP contribution in [0.2, 0.25) is 12.1 Å². The number of hydrogen-bond acceptors (Lipinski definition) is 0. The van der Waals surface area contributed by atoms with Crippen LogP contribution >= 0.6 is 0 Å². The quantitative estimate of drug-likeness (QED) is 0.615. The van der Waals surface area contributed by atoms with Gasteiger partial charge < -0.3 is 0 Å². The molecule has 1 heterocycles. The van der Waals surface area contributed by atoms with Crippen molar-refractivity contribution >= 4 is 14.0 Å². The molecule has 1 fully saturated rings. The Morgan fingerprint density at radius 1 is 1.00 bits per heavy atom. The first-order valence-electron chi connectivity index (χ1n) is 5.70. The summed E-state index contributed by atoms with van der Waals surface area (Å²) in [7, 11) is -0.172. The van der Waals surface area contributed by atoms with Gasteiger partial charge in [-0.1, -0.05) is 65.9 Å². The largest absolute Gasteiger partial charge is 0.0860 e. The van der Waals surface area contributed by atoms with Crippen molar-refractivity contribution < 1.29 is 0 Å². The van der Waals surface area contributed by atoms with Gasteiger partial charge in [-0.3, -0.25) is 0 Å². The second-order valence-corrected chi connectivity index (χ2v) is 7.23. The molecule has 0 atom stereocenters. The third-order valence-corrected chi connectivity index (χ3v) is 6.46. The monoisotopic (exact) mass is 203 g/mol. The molecule has 1 saturated heterocycles. The van der Waals surface area contributed by atoms with Crippen LogP contribution in [0.1, 0.15) is 30.4 Å². The summed E-state index contributed by atoms with van der Waals surface area (Å²) in [6.07, 6.45) is 4.42. The molecule has 0 aromatic heterocycles. The summed E-state index contributed by atoms with van der Waals surface area (Å²) < 4.78 is 0. The molecule has 14 heavy (non-hydrogen) atoms. The predicted octanol–water partition coefficient (Wildman–Crippen LogP) is 3.19. The van der Waals surface area contributed by atoms with Crippen molar-refractivity contribution in [3.8, 4) is 0 Å². The van der Waals surface area contributed by atoms with Gasteiger partial charge in [0, 0.05) is 0 Å². The minimum absolute atomic E-state index is 0.172. The lowest BCUT2D eigenvalue weighted by Crippen LogP contribution is -2.33. The maximum Gasteiger partial charge on any atom is 0.0860 e. The minimum Gasteiger partial charge on any atom is -0.0627 e. The molecular weight excluding hydrogens is 184 g/mol. The number of benzene rings is 1. The molecule has 1 heteroatoms. The second-order valence-electron chi connectivity index (χ2n) is 4.48. The van der Waals surface area contributed by atoms with E-state index in [-0.39, 0.29) is 8.80 Å².